The van der Waals surface area contributed by atoms with Crippen molar-refractivity contribution < 1.29 is 26.7 Å². The van der Waals surface area contributed by atoms with Crippen molar-refractivity contribution in [1.29, 1.82) is 0 Å². The van der Waals surface area contributed by atoms with E-state index < -0.39 is 23.7 Å². The summed E-state index contributed by atoms with van der Waals surface area (Å²) in [5.41, 5.74) is 0.143. The highest BCUT2D eigenvalue weighted by Crippen LogP contribution is 2.43. The van der Waals surface area contributed by atoms with Gasteiger partial charge in [0.05, 0.1) is 23.6 Å². The molecule has 7 nitrogen and oxygen atoms in total. The van der Waals surface area contributed by atoms with Crippen LogP contribution in [0.5, 0.6) is 0 Å². The van der Waals surface area contributed by atoms with Crippen molar-refractivity contribution >= 4 is 28.8 Å². The van der Waals surface area contributed by atoms with Crippen LogP contribution in [0.15, 0.2) is 36.4 Å². The van der Waals surface area contributed by atoms with Gasteiger partial charge in [-0.3, -0.25) is 9.48 Å². The molecule has 0 atom stereocenters. The van der Waals surface area contributed by atoms with Crippen molar-refractivity contribution in [3.63, 3.8) is 0 Å². The van der Waals surface area contributed by atoms with Crippen LogP contribution in [0.25, 0.3) is 5.65 Å². The molecule has 13 heteroatoms. The lowest BCUT2D eigenvalue weighted by Crippen LogP contribution is -2.36. The van der Waals surface area contributed by atoms with Crippen LogP contribution in [0.1, 0.15) is 38.8 Å². The van der Waals surface area contributed by atoms with Gasteiger partial charge in [-0.1, -0.05) is 23.7 Å². The van der Waals surface area contributed by atoms with Crippen molar-refractivity contribution in [2.45, 2.75) is 39.4 Å². The van der Waals surface area contributed by atoms with Crippen LogP contribution in [-0.4, -0.2) is 36.5 Å². The third kappa shape index (κ3) is 4.57. The van der Waals surface area contributed by atoms with E-state index in [0.717, 1.165) is 11.6 Å². The third-order valence-corrected chi connectivity index (χ3v) is 5.58. The Morgan fingerprint density at radius 3 is 2.31 bits per heavy atom. The number of carbonyl (C=O) groups excluding carboxylic acids is 1. The first-order valence-corrected chi connectivity index (χ1v) is 10.6. The molecular weight excluding hydrogens is 495 g/mol. The predicted molar refractivity (Wildman–Crippen MR) is 118 cm³/mol. The first-order valence-electron chi connectivity index (χ1n) is 10.2. The van der Waals surface area contributed by atoms with Crippen LogP contribution in [0, 0.1) is 20.8 Å². The zero-order valence-electron chi connectivity index (χ0n) is 18.6. The molecule has 1 N–H and O–H groups in total. The van der Waals surface area contributed by atoms with Crippen molar-refractivity contribution in [3.8, 4) is 0 Å². The molecule has 0 radical (unpaired) electrons. The van der Waals surface area contributed by atoms with E-state index in [-0.39, 0.29) is 17.0 Å². The maximum atomic E-state index is 14.1. The van der Waals surface area contributed by atoms with Gasteiger partial charge in [-0.15, -0.1) is 0 Å². The summed E-state index contributed by atoms with van der Waals surface area (Å²) in [5.74, 6) is -6.01. The van der Waals surface area contributed by atoms with E-state index >= 15 is 0 Å². The van der Waals surface area contributed by atoms with Gasteiger partial charge in [0.2, 0.25) is 0 Å². The van der Waals surface area contributed by atoms with Gasteiger partial charge in [0.25, 0.3) is 5.91 Å². The molecule has 35 heavy (non-hydrogen) atoms. The summed E-state index contributed by atoms with van der Waals surface area (Å²) < 4.78 is 69.2. The number of anilines is 1. The second kappa shape index (κ2) is 8.59. The van der Waals surface area contributed by atoms with Crippen molar-refractivity contribution in [2.24, 2.45) is 0 Å². The number of alkyl halides is 5. The number of amides is 1. The van der Waals surface area contributed by atoms with Crippen LogP contribution >= 0.6 is 11.6 Å². The summed E-state index contributed by atoms with van der Waals surface area (Å²) in [4.78, 5) is 16.8. The van der Waals surface area contributed by atoms with Gasteiger partial charge in [-0.05, 0) is 44.5 Å². The van der Waals surface area contributed by atoms with Crippen LogP contribution < -0.4 is 5.32 Å². The summed E-state index contributed by atoms with van der Waals surface area (Å²) >= 11 is 5.91. The number of nitrogens with one attached hydrogen (secondary N) is 1. The fourth-order valence-corrected chi connectivity index (χ4v) is 3.68. The fraction of sp³-hybridized carbons (Fsp3) is 0.273. The summed E-state index contributed by atoms with van der Waals surface area (Å²) in [6, 6.07) is 8.77. The second-order valence-corrected chi connectivity index (χ2v) is 8.37. The van der Waals surface area contributed by atoms with Gasteiger partial charge in [0.1, 0.15) is 5.69 Å². The van der Waals surface area contributed by atoms with Gasteiger partial charge in [0, 0.05) is 16.8 Å². The monoisotopic (exact) mass is 512 g/mol. The number of hydrogen-bond acceptors (Lipinski definition) is 4. The zero-order chi connectivity index (χ0) is 25.7. The molecule has 1 amide bonds. The molecule has 0 fully saturated rings. The van der Waals surface area contributed by atoms with Gasteiger partial charge in [-0.2, -0.15) is 32.1 Å². The van der Waals surface area contributed by atoms with Gasteiger partial charge in [0.15, 0.2) is 11.3 Å². The number of rotatable bonds is 5. The van der Waals surface area contributed by atoms with E-state index in [1.165, 1.54) is 6.92 Å². The number of carbonyl (C=O) groups is 1. The Balaban J connectivity index is 1.65. The van der Waals surface area contributed by atoms with Crippen molar-refractivity contribution in [2.75, 3.05) is 5.32 Å². The number of halogens is 6. The molecule has 4 aromatic rings. The topological polar surface area (TPSA) is 77.1 Å². The number of aryl methyl sites for hydroxylation is 2. The molecule has 0 unspecified atom stereocenters. The average molecular weight is 513 g/mol. The quantitative estimate of drug-likeness (QED) is 0.360. The molecule has 0 saturated carbocycles. The molecule has 3 aromatic heterocycles. The smallest absolute Gasteiger partial charge is 0.317 e. The number of fused-ring (bicyclic) bond motifs is 1. The van der Waals surface area contributed by atoms with Crippen molar-refractivity contribution in [1.82, 2.24) is 24.4 Å². The molecular formula is C22H18ClF5N6O. The van der Waals surface area contributed by atoms with Gasteiger partial charge in [-0.25, -0.2) is 9.50 Å². The van der Waals surface area contributed by atoms with E-state index in [2.05, 4.69) is 20.5 Å². The van der Waals surface area contributed by atoms with Crippen LogP contribution in [-0.2, 0) is 12.5 Å². The lowest BCUT2D eigenvalue weighted by Gasteiger charge is -2.20. The number of benzene rings is 1. The third-order valence-electron chi connectivity index (χ3n) is 5.33. The van der Waals surface area contributed by atoms with Crippen LogP contribution in [0.4, 0.5) is 27.6 Å². The minimum Gasteiger partial charge on any atom is -0.317 e. The molecule has 0 bridgehead atoms. The lowest BCUT2D eigenvalue weighted by molar-refractivity contribution is -0.291. The summed E-state index contributed by atoms with van der Waals surface area (Å²) in [6.45, 7) is 5.05. The maximum absolute atomic E-state index is 14.1. The first kappa shape index (κ1) is 24.6. The Morgan fingerprint density at radius 1 is 1.03 bits per heavy atom. The summed E-state index contributed by atoms with van der Waals surface area (Å²) in [7, 11) is 0. The van der Waals surface area contributed by atoms with Crippen molar-refractivity contribution in [3.05, 3.63) is 75.5 Å². The zero-order valence-corrected chi connectivity index (χ0v) is 19.3. The molecule has 0 aliphatic rings. The predicted octanol–water partition coefficient (Wildman–Crippen LogP) is 5.46. The summed E-state index contributed by atoms with van der Waals surface area (Å²) in [5, 5.41) is 11.3. The highest BCUT2D eigenvalue weighted by molar-refractivity contribution is 6.30. The number of aromatic nitrogens is 5. The molecule has 0 saturated heterocycles. The average Bonchev–Trinajstić information content (AvgIpc) is 3.30. The second-order valence-electron chi connectivity index (χ2n) is 7.94. The minimum atomic E-state index is -5.85. The van der Waals surface area contributed by atoms with Gasteiger partial charge < -0.3 is 5.32 Å². The first-order chi connectivity index (χ1) is 16.3. The van der Waals surface area contributed by atoms with Gasteiger partial charge >= 0.3 is 12.1 Å². The Morgan fingerprint density at radius 2 is 1.69 bits per heavy atom. The lowest BCUT2D eigenvalue weighted by atomic mass is 10.2. The molecule has 0 aliphatic heterocycles. The SMILES string of the molecule is Cc1cc(C(F)(F)C(F)(F)F)n2nc(C(=O)Nc3c(C)nn(Cc4ccc(Cl)cc4)c3C)cc2n1. The van der Waals surface area contributed by atoms with Crippen LogP contribution in [0.3, 0.4) is 0 Å². The normalized spacial score (nSPS) is 12.4. The Labute approximate surface area is 200 Å². The van der Waals surface area contributed by atoms with Crippen LogP contribution in [0.2, 0.25) is 5.02 Å². The highest BCUT2D eigenvalue weighted by Gasteiger charge is 2.60. The Kier molecular flexibility index (Phi) is 6.04. The van der Waals surface area contributed by atoms with E-state index in [9.17, 15) is 26.7 Å². The maximum Gasteiger partial charge on any atom is 0.459 e. The standard InChI is InChI=1S/C22H18ClF5N6O/c1-11-8-17(21(24,25)22(26,27)28)34-18(29-11)9-16(32-34)20(35)30-19-12(2)31-33(13(19)3)10-14-4-6-15(23)7-5-14/h4-9H,10H2,1-3H3,(H,30,35). The van der Waals surface area contributed by atoms with E-state index in [1.54, 1.807) is 30.7 Å². The Hall–Kier alpha value is -3.54. The summed E-state index contributed by atoms with van der Waals surface area (Å²) in [6.07, 6.45) is -5.85. The molecule has 0 aliphatic carbocycles. The Bertz CT molecular complexity index is 1430. The van der Waals surface area contributed by atoms with E-state index in [1.807, 2.05) is 12.1 Å². The minimum absolute atomic E-state index is 0.0848. The van der Waals surface area contributed by atoms with E-state index in [0.29, 0.717) is 39.2 Å². The molecule has 184 valence electrons. The van der Waals surface area contributed by atoms with E-state index in [4.69, 9.17) is 11.6 Å². The molecule has 0 spiro atoms. The number of nitrogens with zero attached hydrogens (tertiary/aromatic N) is 5. The fourth-order valence-electron chi connectivity index (χ4n) is 3.55. The largest absolute Gasteiger partial charge is 0.459 e. The molecule has 1 aromatic carbocycles. The number of hydrogen-bond donors (Lipinski definition) is 1. The molecule has 4 rings (SSSR count). The highest BCUT2D eigenvalue weighted by atomic mass is 35.5. The molecule has 3 heterocycles.